The minimum absolute atomic E-state index is 0.364. The van der Waals surface area contributed by atoms with Gasteiger partial charge in [-0.3, -0.25) is 0 Å². The molecule has 0 amide bonds. The van der Waals surface area contributed by atoms with Crippen molar-refractivity contribution in [1.82, 2.24) is 9.97 Å². The average molecular weight is 326 g/mol. The van der Waals surface area contributed by atoms with E-state index in [1.165, 1.54) is 31.3 Å². The van der Waals surface area contributed by atoms with Crippen LogP contribution in [0.15, 0.2) is 0 Å². The van der Waals surface area contributed by atoms with Gasteiger partial charge in [-0.1, -0.05) is 24.4 Å². The van der Waals surface area contributed by atoms with Gasteiger partial charge in [0.1, 0.15) is 14.9 Å². The third-order valence-corrected chi connectivity index (χ3v) is 5.24. The van der Waals surface area contributed by atoms with E-state index in [2.05, 4.69) is 15.3 Å². The molecule has 0 atom stereocenters. The lowest BCUT2D eigenvalue weighted by Gasteiger charge is -2.11. The Kier molecular flexibility index (Phi) is 3.99. The van der Waals surface area contributed by atoms with Crippen LogP contribution in [0.25, 0.3) is 10.2 Å². The smallest absolute Gasteiger partial charge is 0.348 e. The van der Waals surface area contributed by atoms with Crippen molar-refractivity contribution in [3.63, 3.8) is 0 Å². The van der Waals surface area contributed by atoms with E-state index < -0.39 is 0 Å². The number of aromatic nitrogens is 2. The quantitative estimate of drug-likeness (QED) is 0.687. The maximum absolute atomic E-state index is 11.8. The number of hydrogen-bond donors (Lipinski definition) is 1. The van der Waals surface area contributed by atoms with Crippen LogP contribution in [0.2, 0.25) is 5.15 Å². The van der Waals surface area contributed by atoms with E-state index in [1.807, 2.05) is 6.92 Å². The first-order valence-corrected chi connectivity index (χ1v) is 8.11. The highest BCUT2D eigenvalue weighted by Gasteiger charge is 2.21. The number of carbonyl (C=O) groups is 1. The molecule has 1 N–H and O–H groups in total. The van der Waals surface area contributed by atoms with Crippen LogP contribution in [0.3, 0.4) is 0 Å². The van der Waals surface area contributed by atoms with Gasteiger partial charge in [-0.15, -0.1) is 11.3 Å². The number of anilines is 1. The molecule has 2 aromatic rings. The molecule has 1 aliphatic carbocycles. The Morgan fingerprint density at radius 3 is 2.76 bits per heavy atom. The van der Waals surface area contributed by atoms with Crippen LogP contribution in [-0.2, 0) is 4.74 Å². The molecule has 21 heavy (non-hydrogen) atoms. The lowest BCUT2D eigenvalue weighted by Crippen LogP contribution is -2.16. The second-order valence-electron chi connectivity index (χ2n) is 5.19. The van der Waals surface area contributed by atoms with Crippen molar-refractivity contribution in [3.05, 3.63) is 15.6 Å². The first-order chi connectivity index (χ1) is 10.1. The number of fused-ring (bicyclic) bond motifs is 1. The highest BCUT2D eigenvalue weighted by Crippen LogP contribution is 2.35. The summed E-state index contributed by atoms with van der Waals surface area (Å²) >= 11 is 7.57. The van der Waals surface area contributed by atoms with Crippen LogP contribution >= 0.6 is 22.9 Å². The number of nitrogens with one attached hydrogen (secondary N) is 1. The number of carbonyl (C=O) groups excluding carboxylic acids is 1. The van der Waals surface area contributed by atoms with Gasteiger partial charge in [-0.2, -0.15) is 0 Å². The van der Waals surface area contributed by atoms with E-state index >= 15 is 0 Å². The van der Waals surface area contributed by atoms with Crippen LogP contribution < -0.4 is 5.32 Å². The molecule has 0 radical (unpaired) electrons. The summed E-state index contributed by atoms with van der Waals surface area (Å²) in [5.41, 5.74) is 0.777. The molecule has 1 aliphatic rings. The van der Waals surface area contributed by atoms with Crippen molar-refractivity contribution >= 4 is 45.1 Å². The van der Waals surface area contributed by atoms with Crippen LogP contribution in [0, 0.1) is 6.92 Å². The number of hydrogen-bond acceptors (Lipinski definition) is 6. The molecule has 112 valence electrons. The second kappa shape index (κ2) is 5.77. The Bertz CT molecular complexity index is 695. The molecule has 2 aromatic heterocycles. The van der Waals surface area contributed by atoms with Crippen LogP contribution in [-0.4, -0.2) is 29.1 Å². The van der Waals surface area contributed by atoms with Crippen molar-refractivity contribution in [2.24, 2.45) is 0 Å². The normalized spacial score (nSPS) is 15.6. The van der Waals surface area contributed by atoms with Crippen molar-refractivity contribution < 1.29 is 9.53 Å². The summed E-state index contributed by atoms with van der Waals surface area (Å²) in [6.45, 7) is 1.84. The maximum atomic E-state index is 11.8. The van der Waals surface area contributed by atoms with E-state index in [0.717, 1.165) is 23.8 Å². The summed E-state index contributed by atoms with van der Waals surface area (Å²) in [6, 6.07) is 0.416. The molecule has 0 saturated heterocycles. The lowest BCUT2D eigenvalue weighted by atomic mass is 10.2. The number of esters is 1. The molecule has 1 saturated carbocycles. The zero-order chi connectivity index (χ0) is 15.0. The fourth-order valence-corrected chi connectivity index (χ4v) is 4.16. The standard InChI is InChI=1S/C14H16ClN3O2S/c1-7-9-11(15)17-14(16-8-5-3-4-6-8)18-12(9)21-10(7)13(19)20-2/h8H,3-6H2,1-2H3,(H,16,17,18). The molecule has 0 spiro atoms. The molecule has 7 heteroatoms. The minimum atomic E-state index is -0.364. The van der Waals surface area contributed by atoms with Gasteiger partial charge >= 0.3 is 5.97 Å². The molecule has 1 fully saturated rings. The zero-order valence-electron chi connectivity index (χ0n) is 11.9. The first-order valence-electron chi connectivity index (χ1n) is 6.91. The number of rotatable bonds is 3. The van der Waals surface area contributed by atoms with Crippen LogP contribution in [0.1, 0.15) is 40.9 Å². The SMILES string of the molecule is COC(=O)c1sc2nc(NC3CCCC3)nc(Cl)c2c1C. The number of aryl methyl sites for hydroxylation is 1. The van der Waals surface area contributed by atoms with Gasteiger partial charge in [0.05, 0.1) is 12.5 Å². The molecular formula is C14H16ClN3O2S. The molecule has 0 unspecified atom stereocenters. The summed E-state index contributed by atoms with van der Waals surface area (Å²) in [6.07, 6.45) is 4.74. The van der Waals surface area contributed by atoms with E-state index in [0.29, 0.717) is 26.9 Å². The zero-order valence-corrected chi connectivity index (χ0v) is 13.5. The Balaban J connectivity index is 2.00. The fourth-order valence-electron chi connectivity index (χ4n) is 2.69. The molecule has 5 nitrogen and oxygen atoms in total. The predicted molar refractivity (Wildman–Crippen MR) is 84.4 cm³/mol. The van der Waals surface area contributed by atoms with Crippen LogP contribution in [0.5, 0.6) is 0 Å². The summed E-state index contributed by atoms with van der Waals surface area (Å²) in [5, 5.41) is 4.44. The Labute approximate surface area is 131 Å². The second-order valence-corrected chi connectivity index (χ2v) is 6.55. The summed E-state index contributed by atoms with van der Waals surface area (Å²) in [7, 11) is 1.37. The number of thiophene rings is 1. The molecule has 0 bridgehead atoms. The summed E-state index contributed by atoms with van der Waals surface area (Å²) in [4.78, 5) is 21.8. The van der Waals surface area contributed by atoms with Crippen LogP contribution in [0.4, 0.5) is 5.95 Å². The average Bonchev–Trinajstić information content (AvgIpc) is 3.06. The largest absolute Gasteiger partial charge is 0.465 e. The summed E-state index contributed by atoms with van der Waals surface area (Å²) < 4.78 is 4.79. The highest BCUT2D eigenvalue weighted by molar-refractivity contribution is 7.20. The van der Waals surface area contributed by atoms with Gasteiger partial charge in [-0.05, 0) is 25.3 Å². The maximum Gasteiger partial charge on any atom is 0.348 e. The van der Waals surface area contributed by atoms with Crippen molar-refractivity contribution in [2.75, 3.05) is 12.4 Å². The van der Waals surface area contributed by atoms with E-state index in [1.54, 1.807) is 0 Å². The van der Waals surface area contributed by atoms with E-state index in [-0.39, 0.29) is 5.97 Å². The minimum Gasteiger partial charge on any atom is -0.465 e. The molecular weight excluding hydrogens is 310 g/mol. The Morgan fingerprint density at radius 1 is 1.38 bits per heavy atom. The molecule has 2 heterocycles. The van der Waals surface area contributed by atoms with Crippen molar-refractivity contribution in [1.29, 1.82) is 0 Å². The van der Waals surface area contributed by atoms with Gasteiger partial charge in [0, 0.05) is 6.04 Å². The fraction of sp³-hybridized carbons (Fsp3) is 0.500. The Hall–Kier alpha value is -1.40. The topological polar surface area (TPSA) is 64.1 Å². The molecule has 3 rings (SSSR count). The van der Waals surface area contributed by atoms with Gasteiger partial charge in [0.2, 0.25) is 5.95 Å². The van der Waals surface area contributed by atoms with Gasteiger partial charge in [0.15, 0.2) is 0 Å². The Morgan fingerprint density at radius 2 is 2.10 bits per heavy atom. The molecule has 0 aromatic carbocycles. The van der Waals surface area contributed by atoms with Crippen molar-refractivity contribution in [3.8, 4) is 0 Å². The first kappa shape index (κ1) is 14.5. The number of nitrogens with zero attached hydrogens (tertiary/aromatic N) is 2. The van der Waals surface area contributed by atoms with E-state index in [4.69, 9.17) is 16.3 Å². The third kappa shape index (κ3) is 2.70. The third-order valence-electron chi connectivity index (χ3n) is 3.81. The molecule has 0 aliphatic heterocycles. The van der Waals surface area contributed by atoms with Gasteiger partial charge in [0.25, 0.3) is 0 Å². The number of halogens is 1. The summed E-state index contributed by atoms with van der Waals surface area (Å²) in [5.74, 6) is 0.175. The lowest BCUT2D eigenvalue weighted by molar-refractivity contribution is 0.0605. The number of methoxy groups -OCH3 is 1. The monoisotopic (exact) mass is 325 g/mol. The number of ether oxygens (including phenoxy) is 1. The highest BCUT2D eigenvalue weighted by atomic mass is 35.5. The predicted octanol–water partition coefficient (Wildman–Crippen LogP) is 3.79. The van der Waals surface area contributed by atoms with E-state index in [9.17, 15) is 4.79 Å². The van der Waals surface area contributed by atoms with Gasteiger partial charge < -0.3 is 10.1 Å². The van der Waals surface area contributed by atoms with Crippen molar-refractivity contribution in [2.45, 2.75) is 38.6 Å². The van der Waals surface area contributed by atoms with Gasteiger partial charge in [-0.25, -0.2) is 14.8 Å².